The van der Waals surface area contributed by atoms with Crippen molar-refractivity contribution in [1.29, 1.82) is 0 Å². The molecule has 0 aromatic carbocycles. The van der Waals surface area contributed by atoms with Crippen molar-refractivity contribution in [3.05, 3.63) is 0 Å². The van der Waals surface area contributed by atoms with Gasteiger partial charge in [0, 0.05) is 6.42 Å². The van der Waals surface area contributed by atoms with Crippen LogP contribution in [-0.2, 0) is 12.3 Å². The zero-order valence-electron chi connectivity index (χ0n) is 15.3. The van der Waals surface area contributed by atoms with Crippen LogP contribution in [0.1, 0.15) is 6.42 Å². The Labute approximate surface area is 137 Å². The fraction of sp³-hybridized carbons (Fsp3) is 1.00. The Kier molecular flexibility index (Phi) is 7.37. The molecule has 0 spiro atoms. The second-order valence-corrected chi connectivity index (χ2v) is 24.6. The number of rotatable bonds is 8. The van der Waals surface area contributed by atoms with Crippen LogP contribution in [0.5, 0.6) is 0 Å². The van der Waals surface area contributed by atoms with Crippen molar-refractivity contribution in [2.45, 2.75) is 77.6 Å². The minimum absolute atomic E-state index is 0.0771. The van der Waals surface area contributed by atoms with Crippen molar-refractivity contribution >= 4 is 33.8 Å². The van der Waals surface area contributed by atoms with Gasteiger partial charge in [0.15, 0.2) is 16.6 Å². The molecule has 0 saturated carbocycles. The molecule has 0 aliphatic heterocycles. The lowest BCUT2D eigenvalue weighted by Gasteiger charge is -2.41. The molecule has 0 aliphatic rings. The summed E-state index contributed by atoms with van der Waals surface area (Å²) in [6, 6.07) is -0.0771. The summed E-state index contributed by atoms with van der Waals surface area (Å²) in [5, 5.41) is 0. The van der Waals surface area contributed by atoms with Gasteiger partial charge >= 0.3 is 23.3 Å². The highest BCUT2D eigenvalue weighted by molar-refractivity contribution is 6.89. The number of hydrogen-bond donors (Lipinski definition) is 0. The van der Waals surface area contributed by atoms with Gasteiger partial charge in [0.05, 0.1) is 0 Å². The molecule has 0 radical (unpaired) electrons. The number of hydrogen-bond acceptors (Lipinski definition) is 3. The summed E-state index contributed by atoms with van der Waals surface area (Å²) >= 11 is 0. The van der Waals surface area contributed by atoms with Gasteiger partial charge in [0.2, 0.25) is 0 Å². The van der Waals surface area contributed by atoms with Gasteiger partial charge in [-0.15, -0.1) is 0 Å². The van der Waals surface area contributed by atoms with Crippen LogP contribution in [0.15, 0.2) is 0 Å². The molecular formula is C12H31F3O3Si4. The Morgan fingerprint density at radius 3 is 1.41 bits per heavy atom. The molecule has 10 heteroatoms. The average Bonchev–Trinajstić information content (AvgIpc) is 2.04. The summed E-state index contributed by atoms with van der Waals surface area (Å²) in [5.74, 6) is 0. The van der Waals surface area contributed by atoms with Gasteiger partial charge in [0.25, 0.3) is 0 Å². The highest BCUT2D eigenvalue weighted by Crippen LogP contribution is 2.32. The standard InChI is InChI=1S/C12H31F3O3Si4/c1-19(2,3)16-21(7,8)18-22(9,17-20(4,5)6)11-10-12(13,14)15/h10-11H2,1-9H3. The van der Waals surface area contributed by atoms with Gasteiger partial charge in [-0.25, -0.2) is 0 Å². The summed E-state index contributed by atoms with van der Waals surface area (Å²) in [7, 11) is -9.26. The molecule has 0 bridgehead atoms. The molecule has 0 aromatic rings. The summed E-state index contributed by atoms with van der Waals surface area (Å²) in [4.78, 5) is 0. The molecule has 0 amide bonds. The second kappa shape index (κ2) is 7.19. The maximum Gasteiger partial charge on any atom is 0.389 e. The maximum atomic E-state index is 12.6. The molecule has 22 heavy (non-hydrogen) atoms. The van der Waals surface area contributed by atoms with Gasteiger partial charge in [-0.05, 0) is 65.0 Å². The van der Waals surface area contributed by atoms with E-state index in [0.29, 0.717) is 0 Å². The minimum Gasteiger partial charge on any atom is -0.437 e. The monoisotopic (exact) mass is 392 g/mol. The SMILES string of the molecule is C[Si](C)(C)O[Si](C)(C)O[Si](C)(CCC(F)(F)F)O[Si](C)(C)C. The molecule has 0 aliphatic carbocycles. The highest BCUT2D eigenvalue weighted by Gasteiger charge is 2.46. The molecule has 0 rings (SSSR count). The smallest absolute Gasteiger partial charge is 0.389 e. The lowest BCUT2D eigenvalue weighted by atomic mass is 10.5. The van der Waals surface area contributed by atoms with E-state index in [9.17, 15) is 13.2 Å². The van der Waals surface area contributed by atoms with Crippen LogP contribution < -0.4 is 0 Å². The van der Waals surface area contributed by atoms with Gasteiger partial charge in [-0.2, -0.15) is 13.2 Å². The second-order valence-electron chi connectivity index (χ2n) is 8.18. The normalized spacial score (nSPS) is 17.5. The first-order valence-corrected chi connectivity index (χ1v) is 19.7. The van der Waals surface area contributed by atoms with Crippen molar-refractivity contribution in [2.24, 2.45) is 0 Å². The molecule has 0 N–H and O–H groups in total. The van der Waals surface area contributed by atoms with E-state index in [2.05, 4.69) is 19.6 Å². The summed E-state index contributed by atoms with van der Waals surface area (Å²) < 4.78 is 56.3. The Bertz CT molecular complexity index is 364. The van der Waals surface area contributed by atoms with Crippen LogP contribution in [0.3, 0.4) is 0 Å². The molecule has 1 atom stereocenters. The van der Waals surface area contributed by atoms with Crippen LogP contribution in [0.4, 0.5) is 13.2 Å². The van der Waals surface area contributed by atoms with Crippen molar-refractivity contribution in [2.75, 3.05) is 0 Å². The van der Waals surface area contributed by atoms with E-state index in [0.717, 1.165) is 0 Å². The zero-order valence-corrected chi connectivity index (χ0v) is 19.3. The molecule has 134 valence electrons. The van der Waals surface area contributed by atoms with Crippen LogP contribution in [0.25, 0.3) is 0 Å². The fourth-order valence-corrected chi connectivity index (χ4v) is 20.3. The van der Waals surface area contributed by atoms with Gasteiger partial charge in [-0.3, -0.25) is 0 Å². The Morgan fingerprint density at radius 1 is 0.682 bits per heavy atom. The van der Waals surface area contributed by atoms with E-state index < -0.39 is 46.4 Å². The predicted molar refractivity (Wildman–Crippen MR) is 94.5 cm³/mol. The fourth-order valence-electron chi connectivity index (χ4n) is 2.42. The molecule has 1 unspecified atom stereocenters. The quantitative estimate of drug-likeness (QED) is 0.515. The lowest BCUT2D eigenvalue weighted by Crippen LogP contribution is -2.57. The summed E-state index contributed by atoms with van der Waals surface area (Å²) in [5.41, 5.74) is 0. The van der Waals surface area contributed by atoms with E-state index in [1.54, 1.807) is 6.55 Å². The third-order valence-electron chi connectivity index (χ3n) is 2.40. The van der Waals surface area contributed by atoms with E-state index in [1.165, 1.54) is 0 Å². The van der Waals surface area contributed by atoms with E-state index in [-0.39, 0.29) is 6.04 Å². The Morgan fingerprint density at radius 2 is 1.09 bits per heavy atom. The third-order valence-corrected chi connectivity index (χ3v) is 15.8. The zero-order chi connectivity index (χ0) is 18.0. The van der Waals surface area contributed by atoms with Gasteiger partial charge < -0.3 is 12.3 Å². The molecule has 0 saturated heterocycles. The largest absolute Gasteiger partial charge is 0.437 e. The topological polar surface area (TPSA) is 27.7 Å². The lowest BCUT2D eigenvalue weighted by molar-refractivity contribution is -0.131. The third kappa shape index (κ3) is 12.0. The molecule has 0 aromatic heterocycles. The van der Waals surface area contributed by atoms with Crippen LogP contribution in [-0.4, -0.2) is 39.9 Å². The van der Waals surface area contributed by atoms with Crippen molar-refractivity contribution < 1.29 is 25.5 Å². The number of alkyl halides is 3. The Hall–Kier alpha value is 0.538. The van der Waals surface area contributed by atoms with Crippen LogP contribution >= 0.6 is 0 Å². The van der Waals surface area contributed by atoms with Crippen LogP contribution in [0.2, 0.25) is 65.0 Å². The average molecular weight is 393 g/mol. The molecule has 0 heterocycles. The van der Waals surface area contributed by atoms with E-state index >= 15 is 0 Å². The summed E-state index contributed by atoms with van der Waals surface area (Å²) in [6.45, 7) is 17.6. The van der Waals surface area contributed by atoms with E-state index in [1.807, 2.05) is 32.7 Å². The molecule has 3 nitrogen and oxygen atoms in total. The first kappa shape index (κ1) is 22.5. The molecule has 0 fully saturated rings. The van der Waals surface area contributed by atoms with Crippen molar-refractivity contribution in [3.8, 4) is 0 Å². The van der Waals surface area contributed by atoms with E-state index in [4.69, 9.17) is 12.3 Å². The highest BCUT2D eigenvalue weighted by atomic mass is 28.5. The first-order chi connectivity index (χ1) is 9.33. The summed E-state index contributed by atoms with van der Waals surface area (Å²) in [6.07, 6.45) is -5.05. The maximum absolute atomic E-state index is 12.6. The number of halogens is 3. The molecular weight excluding hydrogens is 361 g/mol. The van der Waals surface area contributed by atoms with Gasteiger partial charge in [-0.1, -0.05) is 0 Å². The van der Waals surface area contributed by atoms with Gasteiger partial charge in [0.1, 0.15) is 0 Å². The van der Waals surface area contributed by atoms with Crippen molar-refractivity contribution in [3.63, 3.8) is 0 Å². The van der Waals surface area contributed by atoms with Crippen molar-refractivity contribution in [1.82, 2.24) is 0 Å². The first-order valence-electron chi connectivity index (χ1n) is 7.50. The predicted octanol–water partition coefficient (Wildman–Crippen LogP) is 5.43. The Balaban J connectivity index is 5.15. The minimum atomic E-state index is -4.19. The van der Waals surface area contributed by atoms with Crippen LogP contribution in [0, 0.1) is 0 Å².